The van der Waals surface area contributed by atoms with E-state index in [-0.39, 0.29) is 5.56 Å². The van der Waals surface area contributed by atoms with Gasteiger partial charge in [0.2, 0.25) is 0 Å². The fraction of sp³-hybridized carbons (Fsp3) is 0.125. The summed E-state index contributed by atoms with van der Waals surface area (Å²) >= 11 is 1.76. The maximum absolute atomic E-state index is 11.8. The minimum Gasteiger partial charge on any atom is -0.405 e. The number of rotatable bonds is 2. The monoisotopic (exact) mass is 316 g/mol. The SMILES string of the molecule is O=Cc1c(I)cccc1OC(F)(F)F. The van der Waals surface area contributed by atoms with Crippen LogP contribution in [-0.4, -0.2) is 12.6 Å². The Kier molecular flexibility index (Phi) is 3.35. The number of halogens is 4. The Balaban J connectivity index is 3.08. The molecule has 0 aromatic heterocycles. The Morgan fingerprint density at radius 1 is 1.36 bits per heavy atom. The van der Waals surface area contributed by atoms with E-state index in [1.807, 2.05) is 0 Å². The van der Waals surface area contributed by atoms with E-state index >= 15 is 0 Å². The van der Waals surface area contributed by atoms with Crippen molar-refractivity contribution in [1.29, 1.82) is 0 Å². The largest absolute Gasteiger partial charge is 0.573 e. The highest BCUT2D eigenvalue weighted by atomic mass is 127. The molecule has 1 aromatic carbocycles. The van der Waals surface area contributed by atoms with Crippen molar-refractivity contribution in [3.8, 4) is 5.75 Å². The van der Waals surface area contributed by atoms with Gasteiger partial charge in [-0.3, -0.25) is 4.79 Å². The average molecular weight is 316 g/mol. The van der Waals surface area contributed by atoms with E-state index in [9.17, 15) is 18.0 Å². The lowest BCUT2D eigenvalue weighted by Gasteiger charge is -2.10. The molecular formula is C8H4F3IO2. The molecule has 0 spiro atoms. The number of hydrogen-bond acceptors (Lipinski definition) is 2. The molecule has 1 rings (SSSR count). The van der Waals surface area contributed by atoms with Crippen molar-refractivity contribution in [3.63, 3.8) is 0 Å². The topological polar surface area (TPSA) is 26.3 Å². The van der Waals surface area contributed by atoms with Crippen molar-refractivity contribution < 1.29 is 22.7 Å². The van der Waals surface area contributed by atoms with E-state index in [0.29, 0.717) is 9.86 Å². The Morgan fingerprint density at radius 2 is 2.00 bits per heavy atom. The van der Waals surface area contributed by atoms with Crippen LogP contribution in [0, 0.1) is 3.57 Å². The van der Waals surface area contributed by atoms with Crippen LogP contribution in [0.5, 0.6) is 5.75 Å². The van der Waals surface area contributed by atoms with Crippen LogP contribution in [-0.2, 0) is 0 Å². The first-order valence-electron chi connectivity index (χ1n) is 3.43. The molecule has 0 N–H and O–H groups in total. The predicted octanol–water partition coefficient (Wildman–Crippen LogP) is 3.00. The van der Waals surface area contributed by atoms with Crippen LogP contribution in [0.2, 0.25) is 0 Å². The van der Waals surface area contributed by atoms with Gasteiger partial charge in [-0.25, -0.2) is 0 Å². The molecule has 0 saturated heterocycles. The molecule has 0 unspecified atom stereocenters. The molecule has 6 heteroatoms. The van der Waals surface area contributed by atoms with Gasteiger partial charge in [-0.05, 0) is 34.7 Å². The van der Waals surface area contributed by atoms with Gasteiger partial charge in [0.15, 0.2) is 6.29 Å². The van der Waals surface area contributed by atoms with Gasteiger partial charge < -0.3 is 4.74 Å². The van der Waals surface area contributed by atoms with Gasteiger partial charge >= 0.3 is 6.36 Å². The maximum atomic E-state index is 11.8. The average Bonchev–Trinajstić information content (AvgIpc) is 2.01. The van der Waals surface area contributed by atoms with Gasteiger partial charge in [0.25, 0.3) is 0 Å². The fourth-order valence-electron chi connectivity index (χ4n) is 0.845. The lowest BCUT2D eigenvalue weighted by atomic mass is 10.2. The first-order valence-corrected chi connectivity index (χ1v) is 4.51. The van der Waals surface area contributed by atoms with Crippen molar-refractivity contribution in [3.05, 3.63) is 27.3 Å². The number of carbonyl (C=O) groups excluding carboxylic acids is 1. The zero-order valence-electron chi connectivity index (χ0n) is 6.64. The highest BCUT2D eigenvalue weighted by Crippen LogP contribution is 2.27. The van der Waals surface area contributed by atoms with E-state index in [1.165, 1.54) is 12.1 Å². The zero-order valence-corrected chi connectivity index (χ0v) is 8.80. The number of alkyl halides is 3. The lowest BCUT2D eigenvalue weighted by Crippen LogP contribution is -2.18. The second kappa shape index (κ2) is 4.16. The van der Waals surface area contributed by atoms with E-state index in [0.717, 1.165) is 6.07 Å². The predicted molar refractivity (Wildman–Crippen MR) is 51.2 cm³/mol. The molecule has 0 atom stereocenters. The quantitative estimate of drug-likeness (QED) is 0.619. The van der Waals surface area contributed by atoms with Crippen LogP contribution in [0.3, 0.4) is 0 Å². The van der Waals surface area contributed by atoms with Crippen molar-refractivity contribution in [2.45, 2.75) is 6.36 Å². The minimum atomic E-state index is -4.78. The highest BCUT2D eigenvalue weighted by Gasteiger charge is 2.32. The summed E-state index contributed by atoms with van der Waals surface area (Å²) in [4.78, 5) is 10.5. The normalized spacial score (nSPS) is 11.1. The highest BCUT2D eigenvalue weighted by molar-refractivity contribution is 14.1. The molecule has 0 saturated carbocycles. The Morgan fingerprint density at radius 3 is 2.50 bits per heavy atom. The van der Waals surface area contributed by atoms with Crippen LogP contribution in [0.1, 0.15) is 10.4 Å². The second-order valence-corrected chi connectivity index (χ2v) is 3.48. The molecule has 1 aromatic rings. The Bertz CT molecular complexity index is 349. The number of benzene rings is 1. The van der Waals surface area contributed by atoms with Crippen LogP contribution in [0.15, 0.2) is 18.2 Å². The minimum absolute atomic E-state index is 0.0922. The van der Waals surface area contributed by atoms with E-state index in [4.69, 9.17) is 0 Å². The van der Waals surface area contributed by atoms with Crippen molar-refractivity contribution in [1.82, 2.24) is 0 Å². The molecule has 0 bridgehead atoms. The summed E-state index contributed by atoms with van der Waals surface area (Å²) < 4.78 is 39.6. The van der Waals surface area contributed by atoms with Crippen LogP contribution in [0.25, 0.3) is 0 Å². The Hall–Kier alpha value is -0.790. The molecule has 0 amide bonds. The molecule has 76 valence electrons. The molecule has 2 nitrogen and oxygen atoms in total. The number of ether oxygens (including phenoxy) is 1. The first kappa shape index (κ1) is 11.3. The summed E-state index contributed by atoms with van der Waals surface area (Å²) in [5.74, 6) is -0.473. The fourth-order valence-corrected chi connectivity index (χ4v) is 1.45. The molecule has 0 fully saturated rings. The summed E-state index contributed by atoms with van der Waals surface area (Å²) in [6, 6.07) is 4.00. The van der Waals surface area contributed by atoms with Crippen LogP contribution in [0.4, 0.5) is 13.2 Å². The van der Waals surface area contributed by atoms with Gasteiger partial charge in [-0.15, -0.1) is 13.2 Å². The summed E-state index contributed by atoms with van der Waals surface area (Å²) in [5, 5.41) is 0. The van der Waals surface area contributed by atoms with Crippen molar-refractivity contribution in [2.75, 3.05) is 0 Å². The summed E-state index contributed by atoms with van der Waals surface area (Å²) in [7, 11) is 0. The first-order chi connectivity index (χ1) is 6.44. The summed E-state index contributed by atoms with van der Waals surface area (Å²) in [6.45, 7) is 0. The zero-order chi connectivity index (χ0) is 10.8. The molecule has 0 aliphatic heterocycles. The third-order valence-electron chi connectivity index (χ3n) is 1.36. The van der Waals surface area contributed by atoms with Gasteiger partial charge in [0.1, 0.15) is 5.75 Å². The van der Waals surface area contributed by atoms with Crippen LogP contribution < -0.4 is 4.74 Å². The smallest absolute Gasteiger partial charge is 0.405 e. The maximum Gasteiger partial charge on any atom is 0.573 e. The third-order valence-corrected chi connectivity index (χ3v) is 2.30. The van der Waals surface area contributed by atoms with Gasteiger partial charge in [0.05, 0.1) is 5.56 Å². The third kappa shape index (κ3) is 2.86. The molecule has 14 heavy (non-hydrogen) atoms. The molecule has 0 aliphatic carbocycles. The molecule has 0 radical (unpaired) electrons. The van der Waals surface area contributed by atoms with E-state index in [2.05, 4.69) is 4.74 Å². The van der Waals surface area contributed by atoms with E-state index in [1.54, 1.807) is 22.6 Å². The lowest BCUT2D eigenvalue weighted by molar-refractivity contribution is -0.274. The van der Waals surface area contributed by atoms with Gasteiger partial charge in [-0.1, -0.05) is 6.07 Å². The standard InChI is InChI=1S/C8H4F3IO2/c9-8(10,11)14-7-3-1-2-6(12)5(7)4-13/h1-4H. The van der Waals surface area contributed by atoms with E-state index < -0.39 is 12.1 Å². The molecular weight excluding hydrogens is 312 g/mol. The second-order valence-electron chi connectivity index (χ2n) is 2.32. The number of aldehydes is 1. The van der Waals surface area contributed by atoms with Gasteiger partial charge in [-0.2, -0.15) is 0 Å². The van der Waals surface area contributed by atoms with Crippen molar-refractivity contribution in [2.24, 2.45) is 0 Å². The van der Waals surface area contributed by atoms with Gasteiger partial charge in [0, 0.05) is 3.57 Å². The number of carbonyl (C=O) groups is 1. The summed E-state index contributed by atoms with van der Waals surface area (Å²) in [5.41, 5.74) is -0.0922. The van der Waals surface area contributed by atoms with Crippen LogP contribution >= 0.6 is 22.6 Å². The number of hydrogen-bond donors (Lipinski definition) is 0. The summed E-state index contributed by atoms with van der Waals surface area (Å²) in [6.07, 6.45) is -4.44. The molecule has 0 aliphatic rings. The van der Waals surface area contributed by atoms with Crippen molar-refractivity contribution >= 4 is 28.9 Å². The Labute approximate surface area is 91.2 Å². The molecule has 0 heterocycles.